The first-order chi connectivity index (χ1) is 16.5. The highest BCUT2D eigenvalue weighted by atomic mass is 16.5. The SMILES string of the molecule is C[C@@H]1[C@H](O)CC[C@@]2(C)[C@H]1CC[C@@]1(C)[C@H]2[C@H](O)C[C@H]2C3=C(CCC=C(CO)CO)C(=O)O[C@H]3C[C@@]21C. The maximum Gasteiger partial charge on any atom is 0.334 e. The number of ether oxygens (including phenoxy) is 1. The molecule has 4 N–H and O–H groups in total. The van der Waals surface area contributed by atoms with Gasteiger partial charge in [-0.2, -0.15) is 0 Å². The Morgan fingerprint density at radius 2 is 1.77 bits per heavy atom. The van der Waals surface area contributed by atoms with Gasteiger partial charge in [-0.05, 0) is 102 Å². The Balaban J connectivity index is 1.49. The van der Waals surface area contributed by atoms with E-state index in [9.17, 15) is 25.2 Å². The second-order valence-electron chi connectivity index (χ2n) is 13.0. The molecule has 0 aromatic rings. The molecular formula is C29H44O6. The van der Waals surface area contributed by atoms with Crippen LogP contribution in [0.1, 0.15) is 79.1 Å². The number of fused-ring (bicyclic) bond motifs is 7. The highest BCUT2D eigenvalue weighted by Gasteiger charge is 2.71. The summed E-state index contributed by atoms with van der Waals surface area (Å²) in [7, 11) is 0. The molecule has 0 spiro atoms. The molecule has 0 amide bonds. The molecule has 5 rings (SSSR count). The van der Waals surface area contributed by atoms with E-state index in [1.54, 1.807) is 0 Å². The number of allylic oxidation sites excluding steroid dienone is 1. The molecule has 6 nitrogen and oxygen atoms in total. The zero-order valence-electron chi connectivity index (χ0n) is 21.8. The van der Waals surface area contributed by atoms with Crippen molar-refractivity contribution < 1.29 is 30.0 Å². The Morgan fingerprint density at radius 1 is 1.06 bits per heavy atom. The predicted molar refractivity (Wildman–Crippen MR) is 132 cm³/mol. The molecule has 4 saturated carbocycles. The van der Waals surface area contributed by atoms with Crippen LogP contribution in [-0.4, -0.2) is 57.9 Å². The molecule has 1 heterocycles. The summed E-state index contributed by atoms with van der Waals surface area (Å²) < 4.78 is 5.94. The summed E-state index contributed by atoms with van der Waals surface area (Å²) in [6.45, 7) is 8.98. The normalized spacial score (nSPS) is 48.6. The zero-order chi connectivity index (χ0) is 25.3. The van der Waals surface area contributed by atoms with Crippen LogP contribution < -0.4 is 0 Å². The van der Waals surface area contributed by atoms with Crippen molar-refractivity contribution in [3.05, 3.63) is 22.8 Å². The minimum atomic E-state index is -0.438. The molecule has 1 aliphatic heterocycles. The van der Waals surface area contributed by atoms with Gasteiger partial charge in [0.25, 0.3) is 0 Å². The van der Waals surface area contributed by atoms with Gasteiger partial charge in [0.15, 0.2) is 0 Å². The minimum Gasteiger partial charge on any atom is -0.454 e. The fourth-order valence-corrected chi connectivity index (χ4v) is 9.87. The van der Waals surface area contributed by atoms with E-state index in [4.69, 9.17) is 4.74 Å². The van der Waals surface area contributed by atoms with E-state index < -0.39 is 6.10 Å². The number of aliphatic hydroxyl groups excluding tert-OH is 4. The lowest BCUT2D eigenvalue weighted by Crippen LogP contribution is -2.65. The van der Waals surface area contributed by atoms with Crippen LogP contribution in [0.3, 0.4) is 0 Å². The van der Waals surface area contributed by atoms with Gasteiger partial charge in [0.1, 0.15) is 6.10 Å². The van der Waals surface area contributed by atoms with E-state index in [-0.39, 0.29) is 65.4 Å². The quantitative estimate of drug-likeness (QED) is 0.348. The minimum absolute atomic E-state index is 0.000412. The topological polar surface area (TPSA) is 107 Å². The third kappa shape index (κ3) is 3.46. The average molecular weight is 489 g/mol. The third-order valence-corrected chi connectivity index (χ3v) is 11.8. The van der Waals surface area contributed by atoms with Crippen LogP contribution in [0, 0.1) is 39.9 Å². The number of carbonyl (C=O) groups is 1. The molecule has 196 valence electrons. The van der Waals surface area contributed by atoms with Crippen LogP contribution in [0.2, 0.25) is 0 Å². The van der Waals surface area contributed by atoms with Crippen LogP contribution in [0.4, 0.5) is 0 Å². The molecular weight excluding hydrogens is 444 g/mol. The van der Waals surface area contributed by atoms with Gasteiger partial charge in [0, 0.05) is 5.57 Å². The van der Waals surface area contributed by atoms with Crippen LogP contribution >= 0.6 is 0 Å². The van der Waals surface area contributed by atoms with E-state index in [0.717, 1.165) is 43.3 Å². The maximum absolute atomic E-state index is 12.8. The number of rotatable bonds is 5. The Labute approximate surface area is 209 Å². The Kier molecular flexibility index (Phi) is 6.31. The summed E-state index contributed by atoms with van der Waals surface area (Å²) in [5.41, 5.74) is 2.29. The molecule has 4 aliphatic carbocycles. The van der Waals surface area contributed by atoms with Gasteiger partial charge in [0.2, 0.25) is 0 Å². The first kappa shape index (κ1) is 25.4. The summed E-state index contributed by atoms with van der Waals surface area (Å²) in [6.07, 6.45) is 7.38. The van der Waals surface area contributed by atoms with E-state index in [1.807, 2.05) is 6.08 Å². The average Bonchev–Trinajstić information content (AvgIpc) is 3.26. The van der Waals surface area contributed by atoms with Crippen LogP contribution in [0.25, 0.3) is 0 Å². The number of hydrogen-bond acceptors (Lipinski definition) is 6. The van der Waals surface area contributed by atoms with Gasteiger partial charge in [-0.3, -0.25) is 0 Å². The lowest BCUT2D eigenvalue weighted by molar-refractivity contribution is -0.234. The van der Waals surface area contributed by atoms with Gasteiger partial charge in [0.05, 0.1) is 25.4 Å². The van der Waals surface area contributed by atoms with Gasteiger partial charge in [-0.15, -0.1) is 0 Å². The largest absolute Gasteiger partial charge is 0.454 e. The van der Waals surface area contributed by atoms with Gasteiger partial charge < -0.3 is 25.2 Å². The highest BCUT2D eigenvalue weighted by molar-refractivity contribution is 5.93. The van der Waals surface area contributed by atoms with E-state index >= 15 is 0 Å². The zero-order valence-corrected chi connectivity index (χ0v) is 21.8. The van der Waals surface area contributed by atoms with Crippen LogP contribution in [-0.2, 0) is 9.53 Å². The molecule has 0 aromatic heterocycles. The molecule has 0 saturated heterocycles. The second kappa shape index (κ2) is 8.68. The molecule has 0 bridgehead atoms. The van der Waals surface area contributed by atoms with Crippen molar-refractivity contribution in [3.63, 3.8) is 0 Å². The highest BCUT2D eigenvalue weighted by Crippen LogP contribution is 2.74. The molecule has 35 heavy (non-hydrogen) atoms. The second-order valence-corrected chi connectivity index (χ2v) is 13.0. The van der Waals surface area contributed by atoms with Crippen molar-refractivity contribution in [1.29, 1.82) is 0 Å². The first-order valence-corrected chi connectivity index (χ1v) is 13.7. The summed E-state index contributed by atoms with van der Waals surface area (Å²) in [6, 6.07) is 0. The van der Waals surface area contributed by atoms with Crippen molar-refractivity contribution in [2.75, 3.05) is 13.2 Å². The predicted octanol–water partition coefficient (Wildman–Crippen LogP) is 3.52. The summed E-state index contributed by atoms with van der Waals surface area (Å²) >= 11 is 0. The lowest BCUT2D eigenvalue weighted by Gasteiger charge is -2.69. The molecule has 0 aromatic carbocycles. The fourth-order valence-electron chi connectivity index (χ4n) is 9.87. The summed E-state index contributed by atoms with van der Waals surface area (Å²) in [4.78, 5) is 12.8. The molecule has 10 atom stereocenters. The molecule has 5 aliphatic rings. The van der Waals surface area contributed by atoms with Crippen molar-refractivity contribution in [1.82, 2.24) is 0 Å². The van der Waals surface area contributed by atoms with E-state index in [0.29, 0.717) is 30.8 Å². The van der Waals surface area contributed by atoms with Gasteiger partial charge in [-0.1, -0.05) is 33.8 Å². The van der Waals surface area contributed by atoms with Crippen LogP contribution in [0.5, 0.6) is 0 Å². The Hall–Kier alpha value is -1.21. The van der Waals surface area contributed by atoms with Gasteiger partial charge >= 0.3 is 5.97 Å². The van der Waals surface area contributed by atoms with Gasteiger partial charge in [-0.25, -0.2) is 4.79 Å². The number of carbonyl (C=O) groups excluding carboxylic acids is 1. The standard InChI is InChI=1S/C29H44O6/c1-16-19-8-11-28(3)25(27(19,2)10-9-21(16)32)22(33)12-20-24-18(7-5-6-17(14-30)15-31)26(34)35-23(24)13-29(20,28)4/h6,16,19-23,25,30-33H,5,7-15H2,1-4H3/t16-,19-,20-,21+,22+,23-,25-,27-,28-,29-/m0/s1. The van der Waals surface area contributed by atoms with Crippen molar-refractivity contribution in [3.8, 4) is 0 Å². The molecule has 0 radical (unpaired) electrons. The molecule has 0 unspecified atom stereocenters. The van der Waals surface area contributed by atoms with E-state index in [1.165, 1.54) is 0 Å². The smallest absolute Gasteiger partial charge is 0.334 e. The number of esters is 1. The number of aliphatic hydroxyl groups is 4. The van der Waals surface area contributed by atoms with E-state index in [2.05, 4.69) is 27.7 Å². The van der Waals surface area contributed by atoms with Crippen LogP contribution in [0.15, 0.2) is 22.8 Å². The molecule has 6 heteroatoms. The Morgan fingerprint density at radius 3 is 2.46 bits per heavy atom. The fraction of sp³-hybridized carbons (Fsp3) is 0.828. The van der Waals surface area contributed by atoms with Crippen molar-refractivity contribution in [2.24, 2.45) is 39.9 Å². The van der Waals surface area contributed by atoms with Crippen molar-refractivity contribution >= 4 is 5.97 Å². The lowest BCUT2D eigenvalue weighted by atomic mass is 9.36. The summed E-state index contributed by atoms with van der Waals surface area (Å²) in [5.74, 6) is 0.735. The third-order valence-electron chi connectivity index (χ3n) is 11.8. The monoisotopic (exact) mass is 488 g/mol. The first-order valence-electron chi connectivity index (χ1n) is 13.7. The number of hydrogen-bond donors (Lipinski definition) is 4. The molecule has 4 fully saturated rings. The van der Waals surface area contributed by atoms with Crippen molar-refractivity contribution in [2.45, 2.75) is 97.4 Å². The Bertz CT molecular complexity index is 933. The maximum atomic E-state index is 12.8. The summed E-state index contributed by atoms with van der Waals surface area (Å²) in [5, 5.41) is 41.1.